The summed E-state index contributed by atoms with van der Waals surface area (Å²) in [7, 11) is -3.81. The molecule has 0 atom stereocenters. The van der Waals surface area contributed by atoms with Crippen molar-refractivity contribution in [1.29, 1.82) is 0 Å². The molecule has 0 amide bonds. The second kappa shape index (κ2) is 12.2. The van der Waals surface area contributed by atoms with E-state index >= 15 is 0 Å². The zero-order valence-corrected chi connectivity index (χ0v) is 25.4. The lowest BCUT2D eigenvalue weighted by Crippen LogP contribution is -2.30. The molecule has 4 aromatic rings. The third kappa shape index (κ3) is 5.28. The van der Waals surface area contributed by atoms with Gasteiger partial charge in [-0.3, -0.25) is 4.79 Å². The van der Waals surface area contributed by atoms with E-state index in [0.29, 0.717) is 34.4 Å². The molecule has 0 saturated carbocycles. The molecule has 9 nitrogen and oxygen atoms in total. The summed E-state index contributed by atoms with van der Waals surface area (Å²) in [5.41, 5.74) is 1.39. The Morgan fingerprint density at radius 1 is 1.07 bits per heavy atom. The molecule has 0 aliphatic heterocycles. The number of esters is 1. The Bertz CT molecular complexity index is 1850. The maximum Gasteiger partial charge on any atom is 0.341 e. The predicted molar refractivity (Wildman–Crippen MR) is 165 cm³/mol. The van der Waals surface area contributed by atoms with Crippen LogP contribution in [-0.4, -0.2) is 54.3 Å². The van der Waals surface area contributed by atoms with Gasteiger partial charge in [-0.15, -0.1) is 11.3 Å². The van der Waals surface area contributed by atoms with Crippen LogP contribution in [0.1, 0.15) is 60.0 Å². The summed E-state index contributed by atoms with van der Waals surface area (Å²) in [5, 5.41) is 12.8. The molecule has 0 fully saturated rings. The SMILES string of the molecule is CCOC(=O)c1c(/N=C/c2c(O)n(-c3cccc(S(=O)(=O)N(CC)CC)c3)c(=O)c3ccccc23)sc2c1CCCC2. The van der Waals surface area contributed by atoms with Gasteiger partial charge in [0.05, 0.1) is 28.3 Å². The minimum atomic E-state index is -3.81. The highest BCUT2D eigenvalue weighted by Gasteiger charge is 2.27. The monoisotopic (exact) mass is 607 g/mol. The van der Waals surface area contributed by atoms with Gasteiger partial charge in [-0.1, -0.05) is 38.1 Å². The molecule has 0 bridgehead atoms. The molecule has 0 unspecified atom stereocenters. The molecular weight excluding hydrogens is 574 g/mol. The number of hydrogen-bond donors (Lipinski definition) is 1. The van der Waals surface area contributed by atoms with Crippen LogP contribution in [0.5, 0.6) is 5.88 Å². The summed E-state index contributed by atoms with van der Waals surface area (Å²) in [4.78, 5) is 32.4. The van der Waals surface area contributed by atoms with Gasteiger partial charge in [0.15, 0.2) is 0 Å². The fourth-order valence-electron chi connectivity index (χ4n) is 5.40. The quantitative estimate of drug-likeness (QED) is 0.196. The molecule has 0 spiro atoms. The van der Waals surface area contributed by atoms with Gasteiger partial charge >= 0.3 is 5.97 Å². The van der Waals surface area contributed by atoms with Crippen molar-refractivity contribution in [3.8, 4) is 11.6 Å². The van der Waals surface area contributed by atoms with Crippen molar-refractivity contribution in [2.24, 2.45) is 4.99 Å². The molecule has 0 saturated heterocycles. The summed E-state index contributed by atoms with van der Waals surface area (Å²) in [6.45, 7) is 6.11. The summed E-state index contributed by atoms with van der Waals surface area (Å²) < 4.78 is 34.2. The van der Waals surface area contributed by atoms with Crippen LogP contribution in [0.15, 0.2) is 63.2 Å². The van der Waals surface area contributed by atoms with E-state index in [9.17, 15) is 23.1 Å². The van der Waals surface area contributed by atoms with E-state index in [4.69, 9.17) is 4.74 Å². The number of aromatic nitrogens is 1. The number of pyridine rings is 1. The molecule has 5 rings (SSSR count). The van der Waals surface area contributed by atoms with Crippen molar-refractivity contribution in [3.63, 3.8) is 0 Å². The first-order chi connectivity index (χ1) is 20.2. The van der Waals surface area contributed by atoms with E-state index < -0.39 is 21.6 Å². The molecule has 1 aliphatic rings. The number of carbonyl (C=O) groups is 1. The Hall–Kier alpha value is -3.80. The number of aliphatic imine (C=N–C) groups is 1. The van der Waals surface area contributed by atoms with E-state index in [2.05, 4.69) is 4.99 Å². The van der Waals surface area contributed by atoms with Gasteiger partial charge in [0, 0.05) is 35.0 Å². The number of carbonyl (C=O) groups excluding carboxylic acids is 1. The van der Waals surface area contributed by atoms with Crippen LogP contribution in [0.4, 0.5) is 5.00 Å². The normalized spacial score (nSPS) is 13.6. The van der Waals surface area contributed by atoms with Gasteiger partial charge in [-0.2, -0.15) is 4.31 Å². The smallest absolute Gasteiger partial charge is 0.341 e. The highest BCUT2D eigenvalue weighted by atomic mass is 32.2. The van der Waals surface area contributed by atoms with Gasteiger partial charge in [-0.25, -0.2) is 22.8 Å². The minimum Gasteiger partial charge on any atom is -0.494 e. The van der Waals surface area contributed by atoms with E-state index in [0.717, 1.165) is 40.7 Å². The van der Waals surface area contributed by atoms with Crippen molar-refractivity contribution in [1.82, 2.24) is 8.87 Å². The number of rotatable bonds is 9. The molecule has 1 N–H and O–H groups in total. The van der Waals surface area contributed by atoms with Crippen LogP contribution in [0.2, 0.25) is 0 Å². The number of ether oxygens (including phenoxy) is 1. The Morgan fingerprint density at radius 3 is 2.50 bits per heavy atom. The number of sulfonamides is 1. The van der Waals surface area contributed by atoms with E-state index in [1.165, 1.54) is 34.0 Å². The maximum absolute atomic E-state index is 13.7. The predicted octanol–water partition coefficient (Wildman–Crippen LogP) is 5.59. The fourth-order valence-corrected chi connectivity index (χ4v) is 8.12. The molecule has 0 radical (unpaired) electrons. The topological polar surface area (TPSA) is 118 Å². The first kappa shape index (κ1) is 29.7. The fraction of sp³-hybridized carbons (Fsp3) is 0.323. The minimum absolute atomic E-state index is 0.0154. The number of benzene rings is 2. The summed E-state index contributed by atoms with van der Waals surface area (Å²) in [6.07, 6.45) is 5.14. The van der Waals surface area contributed by atoms with Crippen molar-refractivity contribution in [2.45, 2.75) is 51.3 Å². The second-order valence-corrected chi connectivity index (χ2v) is 12.9. The molecule has 1 aliphatic carbocycles. The third-order valence-corrected chi connectivity index (χ3v) is 10.7. The lowest BCUT2D eigenvalue weighted by molar-refractivity contribution is 0.0526. The van der Waals surface area contributed by atoms with Gasteiger partial charge < -0.3 is 9.84 Å². The third-order valence-electron chi connectivity index (χ3n) is 7.47. The van der Waals surface area contributed by atoms with Crippen molar-refractivity contribution in [3.05, 3.63) is 80.5 Å². The van der Waals surface area contributed by atoms with Crippen molar-refractivity contribution < 1.29 is 23.1 Å². The van der Waals surface area contributed by atoms with Crippen LogP contribution < -0.4 is 5.56 Å². The maximum atomic E-state index is 13.7. The number of thiophene rings is 1. The average Bonchev–Trinajstić information content (AvgIpc) is 3.36. The van der Waals surface area contributed by atoms with Crippen LogP contribution in [0.3, 0.4) is 0 Å². The lowest BCUT2D eigenvalue weighted by Gasteiger charge is -2.19. The summed E-state index contributed by atoms with van der Waals surface area (Å²) in [6, 6.07) is 12.8. The molecule has 2 aromatic heterocycles. The Balaban J connectivity index is 1.69. The van der Waals surface area contributed by atoms with Crippen LogP contribution in [-0.2, 0) is 27.6 Å². The average molecular weight is 608 g/mol. The van der Waals surface area contributed by atoms with Gasteiger partial charge in [0.2, 0.25) is 15.9 Å². The molecule has 42 heavy (non-hydrogen) atoms. The van der Waals surface area contributed by atoms with Crippen molar-refractivity contribution in [2.75, 3.05) is 19.7 Å². The van der Waals surface area contributed by atoms with Crippen LogP contribution in [0.25, 0.3) is 16.5 Å². The standard InChI is InChI=1S/C31H33N3O6S2/c1-4-33(5-2)42(38,39)21-13-11-12-20(18-21)34-29(35)23-15-8-7-14-22(23)25(30(34)36)19-32-28-27(31(37)40-6-3)24-16-9-10-17-26(24)41-28/h7-8,11-15,18-19,36H,4-6,9-10,16-17H2,1-3H3/b32-19+. The number of nitrogens with zero attached hydrogens (tertiary/aromatic N) is 3. The molecular formula is C31H33N3O6S2. The Kier molecular flexibility index (Phi) is 8.63. The van der Waals surface area contributed by atoms with Gasteiger partial charge in [-0.05, 0) is 62.4 Å². The summed E-state index contributed by atoms with van der Waals surface area (Å²) in [5.74, 6) is -0.812. The number of aromatic hydroxyl groups is 1. The second-order valence-electron chi connectivity index (χ2n) is 9.88. The largest absolute Gasteiger partial charge is 0.494 e. The van der Waals surface area contributed by atoms with E-state index in [1.54, 1.807) is 57.2 Å². The Morgan fingerprint density at radius 2 is 1.79 bits per heavy atom. The lowest BCUT2D eigenvalue weighted by atomic mass is 9.95. The number of fused-ring (bicyclic) bond motifs is 2. The highest BCUT2D eigenvalue weighted by Crippen LogP contribution is 2.40. The Labute approximate surface area is 248 Å². The first-order valence-electron chi connectivity index (χ1n) is 14.1. The summed E-state index contributed by atoms with van der Waals surface area (Å²) >= 11 is 1.44. The van der Waals surface area contributed by atoms with Crippen molar-refractivity contribution >= 4 is 49.3 Å². The van der Waals surface area contributed by atoms with Gasteiger partial charge in [0.25, 0.3) is 5.56 Å². The molecule has 2 aromatic carbocycles. The van der Waals surface area contributed by atoms with Crippen LogP contribution in [0, 0.1) is 0 Å². The molecule has 220 valence electrons. The van der Waals surface area contributed by atoms with E-state index in [1.807, 2.05) is 0 Å². The first-order valence-corrected chi connectivity index (χ1v) is 16.3. The number of hydrogen-bond acceptors (Lipinski definition) is 8. The zero-order chi connectivity index (χ0) is 30.0. The van der Waals surface area contributed by atoms with Gasteiger partial charge in [0.1, 0.15) is 5.00 Å². The van der Waals surface area contributed by atoms with E-state index in [-0.39, 0.29) is 28.6 Å². The highest BCUT2D eigenvalue weighted by molar-refractivity contribution is 7.89. The number of aryl methyl sites for hydroxylation is 1. The molecule has 11 heteroatoms. The van der Waals surface area contributed by atoms with Crippen LogP contribution >= 0.6 is 11.3 Å². The zero-order valence-electron chi connectivity index (χ0n) is 23.8. The molecule has 2 heterocycles.